The fourth-order valence-corrected chi connectivity index (χ4v) is 2.46. The molecule has 1 N–H and O–H groups in total. The predicted molar refractivity (Wildman–Crippen MR) is 78.7 cm³/mol. The van der Waals surface area contributed by atoms with E-state index in [0.29, 0.717) is 11.5 Å². The molecule has 6 heteroatoms. The summed E-state index contributed by atoms with van der Waals surface area (Å²) in [6.45, 7) is 1.89. The van der Waals surface area contributed by atoms with Crippen LogP contribution in [0.4, 0.5) is 5.00 Å². The third-order valence-corrected chi connectivity index (χ3v) is 3.50. The van der Waals surface area contributed by atoms with Crippen molar-refractivity contribution in [1.82, 2.24) is 4.37 Å². The van der Waals surface area contributed by atoms with Crippen molar-refractivity contribution >= 4 is 22.4 Å². The largest absolute Gasteiger partial charge is 0.493 e. The highest BCUT2D eigenvalue weighted by Gasteiger charge is 2.09. The Morgan fingerprint density at radius 3 is 2.60 bits per heavy atom. The zero-order valence-corrected chi connectivity index (χ0v) is 12.4. The second kappa shape index (κ2) is 6.38. The van der Waals surface area contributed by atoms with Crippen LogP contribution in [0.5, 0.6) is 11.5 Å². The number of ether oxygens (including phenoxy) is 2. The van der Waals surface area contributed by atoms with E-state index in [1.807, 2.05) is 19.1 Å². The highest BCUT2D eigenvalue weighted by Crippen LogP contribution is 2.27. The van der Waals surface area contributed by atoms with Crippen molar-refractivity contribution in [2.24, 2.45) is 0 Å². The number of aromatic nitrogens is 1. The molecular weight excluding hydrogens is 276 g/mol. The lowest BCUT2D eigenvalue weighted by molar-refractivity contribution is -0.115. The molecule has 1 aromatic heterocycles. The van der Waals surface area contributed by atoms with Gasteiger partial charge in [-0.3, -0.25) is 4.79 Å². The van der Waals surface area contributed by atoms with Crippen molar-refractivity contribution in [2.45, 2.75) is 13.3 Å². The summed E-state index contributed by atoms with van der Waals surface area (Å²) >= 11 is 1.28. The van der Waals surface area contributed by atoms with E-state index in [1.54, 1.807) is 26.4 Å². The van der Waals surface area contributed by atoms with Crippen LogP contribution in [0.3, 0.4) is 0 Å². The lowest BCUT2D eigenvalue weighted by atomic mass is 10.1. The summed E-state index contributed by atoms with van der Waals surface area (Å²) in [7, 11) is 3.15. The van der Waals surface area contributed by atoms with Gasteiger partial charge in [-0.1, -0.05) is 6.07 Å². The van der Waals surface area contributed by atoms with Gasteiger partial charge in [0.2, 0.25) is 5.91 Å². The fraction of sp³-hybridized carbons (Fsp3) is 0.286. The minimum Gasteiger partial charge on any atom is -0.493 e. The fourth-order valence-electron chi connectivity index (χ4n) is 1.78. The van der Waals surface area contributed by atoms with Gasteiger partial charge in [0.15, 0.2) is 11.5 Å². The van der Waals surface area contributed by atoms with Crippen LogP contribution in [0.1, 0.15) is 11.3 Å². The van der Waals surface area contributed by atoms with Gasteiger partial charge in [0.05, 0.1) is 26.3 Å². The number of hydrogen-bond donors (Lipinski definition) is 1. The number of rotatable bonds is 5. The van der Waals surface area contributed by atoms with Crippen LogP contribution < -0.4 is 14.8 Å². The van der Waals surface area contributed by atoms with E-state index in [0.717, 1.165) is 16.3 Å². The third-order valence-electron chi connectivity index (χ3n) is 2.70. The first kappa shape index (κ1) is 14.3. The molecule has 0 aliphatic heterocycles. The molecule has 5 nitrogen and oxygen atoms in total. The molecule has 1 heterocycles. The molecule has 0 spiro atoms. The van der Waals surface area contributed by atoms with Crippen LogP contribution in [0.15, 0.2) is 24.3 Å². The summed E-state index contributed by atoms with van der Waals surface area (Å²) in [6.07, 6.45) is 0.275. The Kier molecular flexibility index (Phi) is 4.57. The quantitative estimate of drug-likeness (QED) is 0.920. The highest BCUT2D eigenvalue weighted by atomic mass is 32.1. The number of amides is 1. The Morgan fingerprint density at radius 2 is 2.00 bits per heavy atom. The summed E-state index contributed by atoms with van der Waals surface area (Å²) in [5.74, 6) is 1.18. The maximum absolute atomic E-state index is 11.9. The topological polar surface area (TPSA) is 60.5 Å². The Morgan fingerprint density at radius 1 is 1.25 bits per heavy atom. The van der Waals surface area contributed by atoms with Crippen molar-refractivity contribution in [3.8, 4) is 11.5 Å². The minimum absolute atomic E-state index is 0.0825. The molecule has 1 aromatic carbocycles. The van der Waals surface area contributed by atoms with Gasteiger partial charge in [0.25, 0.3) is 0 Å². The average Bonchev–Trinajstić information content (AvgIpc) is 2.83. The first-order valence-corrected chi connectivity index (χ1v) is 6.84. The van der Waals surface area contributed by atoms with E-state index in [-0.39, 0.29) is 12.3 Å². The molecule has 1 amide bonds. The molecule has 2 rings (SSSR count). The molecule has 0 aliphatic rings. The maximum atomic E-state index is 11.9. The second-order valence-corrected chi connectivity index (χ2v) is 5.05. The number of nitrogens with one attached hydrogen (secondary N) is 1. The number of anilines is 1. The van der Waals surface area contributed by atoms with Crippen LogP contribution in [-0.4, -0.2) is 24.5 Å². The van der Waals surface area contributed by atoms with E-state index in [4.69, 9.17) is 9.47 Å². The molecule has 0 saturated heterocycles. The van der Waals surface area contributed by atoms with Crippen molar-refractivity contribution in [3.63, 3.8) is 0 Å². The summed E-state index contributed by atoms with van der Waals surface area (Å²) in [6, 6.07) is 7.28. The van der Waals surface area contributed by atoms with Crippen LogP contribution in [-0.2, 0) is 11.2 Å². The lowest BCUT2D eigenvalue weighted by Gasteiger charge is -2.09. The van der Waals surface area contributed by atoms with E-state index >= 15 is 0 Å². The summed E-state index contributed by atoms with van der Waals surface area (Å²) in [5.41, 5.74) is 1.76. The smallest absolute Gasteiger partial charge is 0.229 e. The molecule has 0 bridgehead atoms. The Balaban J connectivity index is 2.04. The SMILES string of the molecule is COc1ccc(CC(=O)Nc2cc(C)ns2)cc1OC. The number of nitrogens with zero attached hydrogens (tertiary/aromatic N) is 1. The van der Waals surface area contributed by atoms with E-state index in [9.17, 15) is 4.79 Å². The average molecular weight is 292 g/mol. The molecule has 20 heavy (non-hydrogen) atoms. The molecule has 0 radical (unpaired) electrons. The number of carbonyl (C=O) groups is 1. The number of methoxy groups -OCH3 is 2. The molecule has 2 aromatic rings. The Hall–Kier alpha value is -2.08. The number of carbonyl (C=O) groups excluding carboxylic acids is 1. The van der Waals surface area contributed by atoms with Gasteiger partial charge in [-0.25, -0.2) is 0 Å². The van der Waals surface area contributed by atoms with Gasteiger partial charge in [0, 0.05) is 0 Å². The van der Waals surface area contributed by atoms with Crippen LogP contribution in [0.2, 0.25) is 0 Å². The molecule has 0 saturated carbocycles. The Labute approximate surface area is 121 Å². The van der Waals surface area contributed by atoms with Crippen molar-refractivity contribution < 1.29 is 14.3 Å². The van der Waals surface area contributed by atoms with Gasteiger partial charge in [-0.05, 0) is 42.2 Å². The monoisotopic (exact) mass is 292 g/mol. The van der Waals surface area contributed by atoms with Gasteiger partial charge in [0.1, 0.15) is 5.00 Å². The Bertz CT molecular complexity index is 610. The number of hydrogen-bond acceptors (Lipinski definition) is 5. The maximum Gasteiger partial charge on any atom is 0.229 e. The standard InChI is InChI=1S/C14H16N2O3S/c1-9-6-14(20-16-9)15-13(17)8-10-4-5-11(18-2)12(7-10)19-3/h4-7H,8H2,1-3H3,(H,15,17). The predicted octanol–water partition coefficient (Wildman–Crippen LogP) is 2.65. The minimum atomic E-state index is -0.0825. The lowest BCUT2D eigenvalue weighted by Crippen LogP contribution is -2.13. The highest BCUT2D eigenvalue weighted by molar-refractivity contribution is 7.10. The first-order valence-electron chi connectivity index (χ1n) is 6.06. The van der Waals surface area contributed by atoms with E-state index in [2.05, 4.69) is 9.69 Å². The first-order chi connectivity index (χ1) is 9.62. The van der Waals surface area contributed by atoms with Crippen molar-refractivity contribution in [2.75, 3.05) is 19.5 Å². The summed E-state index contributed by atoms with van der Waals surface area (Å²) < 4.78 is 14.5. The molecule has 106 valence electrons. The van der Waals surface area contributed by atoms with Gasteiger partial charge in [-0.15, -0.1) is 0 Å². The molecule has 0 unspecified atom stereocenters. The molecule has 0 aliphatic carbocycles. The molecular formula is C14H16N2O3S. The normalized spacial score (nSPS) is 10.2. The van der Waals surface area contributed by atoms with Crippen LogP contribution in [0.25, 0.3) is 0 Å². The van der Waals surface area contributed by atoms with Gasteiger partial charge in [-0.2, -0.15) is 4.37 Å². The van der Waals surface area contributed by atoms with Gasteiger partial charge < -0.3 is 14.8 Å². The zero-order chi connectivity index (χ0) is 14.5. The number of benzene rings is 1. The van der Waals surface area contributed by atoms with Crippen LogP contribution >= 0.6 is 11.5 Å². The van der Waals surface area contributed by atoms with Crippen molar-refractivity contribution in [1.29, 1.82) is 0 Å². The molecule has 0 atom stereocenters. The molecule has 0 fully saturated rings. The third kappa shape index (κ3) is 3.48. The van der Waals surface area contributed by atoms with E-state index < -0.39 is 0 Å². The van der Waals surface area contributed by atoms with Crippen LogP contribution in [0, 0.1) is 6.92 Å². The second-order valence-electron chi connectivity index (χ2n) is 4.25. The van der Waals surface area contributed by atoms with E-state index in [1.165, 1.54) is 11.5 Å². The number of aryl methyl sites for hydroxylation is 1. The summed E-state index contributed by atoms with van der Waals surface area (Å²) in [5, 5.41) is 3.58. The zero-order valence-electron chi connectivity index (χ0n) is 11.6. The summed E-state index contributed by atoms with van der Waals surface area (Å²) in [4.78, 5) is 11.9. The van der Waals surface area contributed by atoms with Crippen molar-refractivity contribution in [3.05, 3.63) is 35.5 Å². The van der Waals surface area contributed by atoms with Gasteiger partial charge >= 0.3 is 0 Å².